The smallest absolute Gasteiger partial charge is 0.326 e. The Hall–Kier alpha value is -2.37. The van der Waals surface area contributed by atoms with E-state index >= 15 is 0 Å². The zero-order valence-corrected chi connectivity index (χ0v) is 12.6. The van der Waals surface area contributed by atoms with Crippen LogP contribution in [0.5, 0.6) is 0 Å². The Morgan fingerprint density at radius 2 is 1.71 bits per heavy atom. The normalized spacial score (nSPS) is 12.4. The number of rotatable bonds is 5. The molecule has 0 aromatic heterocycles. The van der Waals surface area contributed by atoms with Crippen LogP contribution in [0.25, 0.3) is 0 Å². The van der Waals surface area contributed by atoms with Crippen LogP contribution in [0.4, 0.5) is 0 Å². The Balaban J connectivity index is 2.83. The second-order valence-corrected chi connectivity index (χ2v) is 5.38. The van der Waals surface area contributed by atoms with Crippen LogP contribution in [0.15, 0.2) is 30.3 Å². The summed E-state index contributed by atoms with van der Waals surface area (Å²) in [6.07, 6.45) is 0. The third-order valence-electron chi connectivity index (χ3n) is 3.26. The highest BCUT2D eigenvalue weighted by atomic mass is 16.4. The number of carbonyl (C=O) groups is 3. The van der Waals surface area contributed by atoms with Crippen molar-refractivity contribution in [3.63, 3.8) is 0 Å². The lowest BCUT2D eigenvalue weighted by Crippen LogP contribution is -2.57. The molecule has 0 aliphatic carbocycles. The molecule has 114 valence electrons. The molecule has 0 fully saturated rings. The van der Waals surface area contributed by atoms with Gasteiger partial charge in [0.05, 0.1) is 0 Å². The van der Waals surface area contributed by atoms with Crippen molar-refractivity contribution in [3.8, 4) is 0 Å². The molecule has 0 aliphatic heterocycles. The number of hydrogen-bond donors (Lipinski definition) is 2. The van der Waals surface area contributed by atoms with Crippen LogP contribution in [-0.4, -0.2) is 46.4 Å². The van der Waals surface area contributed by atoms with Gasteiger partial charge in [-0.15, -0.1) is 0 Å². The summed E-state index contributed by atoms with van der Waals surface area (Å²) in [5.41, 5.74) is -0.766. The molecule has 1 atom stereocenters. The molecule has 2 amide bonds. The molecule has 0 saturated heterocycles. The average Bonchev–Trinajstić information content (AvgIpc) is 2.45. The number of aliphatic carboxylic acids is 1. The Labute approximate surface area is 123 Å². The summed E-state index contributed by atoms with van der Waals surface area (Å²) >= 11 is 0. The molecule has 0 heterocycles. The van der Waals surface area contributed by atoms with E-state index in [4.69, 9.17) is 5.11 Å². The highest BCUT2D eigenvalue weighted by Gasteiger charge is 2.35. The van der Waals surface area contributed by atoms with Crippen LogP contribution in [0.3, 0.4) is 0 Å². The van der Waals surface area contributed by atoms with Crippen molar-refractivity contribution in [3.05, 3.63) is 35.9 Å². The summed E-state index contributed by atoms with van der Waals surface area (Å²) in [5, 5.41) is 11.6. The molecule has 2 N–H and O–H groups in total. The van der Waals surface area contributed by atoms with Crippen molar-refractivity contribution in [2.75, 3.05) is 7.05 Å². The summed E-state index contributed by atoms with van der Waals surface area (Å²) in [5.74, 6) is -1.96. The number of nitrogens with zero attached hydrogens (tertiary/aromatic N) is 1. The zero-order valence-electron chi connectivity index (χ0n) is 12.6. The van der Waals surface area contributed by atoms with Gasteiger partial charge in [0.1, 0.15) is 11.6 Å². The average molecular weight is 292 g/mol. The lowest BCUT2D eigenvalue weighted by atomic mass is 10.0. The Morgan fingerprint density at radius 3 is 2.19 bits per heavy atom. The van der Waals surface area contributed by atoms with Gasteiger partial charge in [-0.3, -0.25) is 9.59 Å². The first-order chi connectivity index (χ1) is 9.66. The molecular formula is C15H20N2O4. The van der Waals surface area contributed by atoms with E-state index in [9.17, 15) is 14.4 Å². The standard InChI is InChI=1S/C15H20N2O4/c1-10(13(19)20)17(4)14(21)15(2,3)16-12(18)11-8-6-5-7-9-11/h5-10H,1-4H3,(H,16,18)(H,19,20). The maximum Gasteiger partial charge on any atom is 0.326 e. The number of carboxylic acids is 1. The van der Waals surface area contributed by atoms with Crippen LogP contribution in [0, 0.1) is 0 Å². The van der Waals surface area contributed by atoms with Gasteiger partial charge in [-0.05, 0) is 32.9 Å². The SMILES string of the molecule is CC(C(=O)O)N(C)C(=O)C(C)(C)NC(=O)c1ccccc1. The largest absolute Gasteiger partial charge is 0.480 e. The molecule has 1 aromatic carbocycles. The van der Waals surface area contributed by atoms with Gasteiger partial charge in [-0.2, -0.15) is 0 Å². The highest BCUT2D eigenvalue weighted by molar-refractivity contribution is 5.99. The fraction of sp³-hybridized carbons (Fsp3) is 0.400. The molecule has 21 heavy (non-hydrogen) atoms. The molecule has 0 saturated carbocycles. The molecule has 1 unspecified atom stereocenters. The third kappa shape index (κ3) is 4.05. The van der Waals surface area contributed by atoms with Crippen LogP contribution < -0.4 is 5.32 Å². The van der Waals surface area contributed by atoms with E-state index in [2.05, 4.69) is 5.32 Å². The van der Waals surface area contributed by atoms with Gasteiger partial charge in [-0.25, -0.2) is 4.79 Å². The predicted octanol–water partition coefficient (Wildman–Crippen LogP) is 1.13. The first kappa shape index (κ1) is 16.7. The number of hydrogen-bond acceptors (Lipinski definition) is 3. The molecule has 0 bridgehead atoms. The molecule has 0 aliphatic rings. The zero-order chi connectivity index (χ0) is 16.2. The molecule has 6 nitrogen and oxygen atoms in total. The fourth-order valence-electron chi connectivity index (χ4n) is 1.78. The van der Waals surface area contributed by atoms with Gasteiger partial charge >= 0.3 is 5.97 Å². The second-order valence-electron chi connectivity index (χ2n) is 5.38. The number of likely N-dealkylation sites (N-methyl/N-ethyl adjacent to an activating group) is 1. The van der Waals surface area contributed by atoms with Crippen LogP contribution >= 0.6 is 0 Å². The van der Waals surface area contributed by atoms with Gasteiger partial charge in [0, 0.05) is 12.6 Å². The predicted molar refractivity (Wildman–Crippen MR) is 77.9 cm³/mol. The number of amides is 2. The van der Waals surface area contributed by atoms with Crippen molar-refractivity contribution >= 4 is 17.8 Å². The van der Waals surface area contributed by atoms with Gasteiger partial charge < -0.3 is 15.3 Å². The number of carbonyl (C=O) groups excluding carboxylic acids is 2. The highest BCUT2D eigenvalue weighted by Crippen LogP contribution is 2.11. The van der Waals surface area contributed by atoms with Crippen LogP contribution in [-0.2, 0) is 9.59 Å². The topological polar surface area (TPSA) is 86.7 Å². The molecule has 1 aromatic rings. The quantitative estimate of drug-likeness (QED) is 0.851. The molecule has 1 rings (SSSR count). The van der Waals surface area contributed by atoms with Crippen molar-refractivity contribution < 1.29 is 19.5 Å². The van der Waals surface area contributed by atoms with E-state index in [0.29, 0.717) is 5.56 Å². The van der Waals surface area contributed by atoms with E-state index in [0.717, 1.165) is 4.90 Å². The van der Waals surface area contributed by atoms with E-state index in [-0.39, 0.29) is 5.91 Å². The minimum Gasteiger partial charge on any atom is -0.480 e. The summed E-state index contributed by atoms with van der Waals surface area (Å²) in [7, 11) is 1.40. The number of carboxylic acid groups (broad SMARTS) is 1. The molecule has 6 heteroatoms. The minimum atomic E-state index is -1.20. The second kappa shape index (κ2) is 6.39. The Kier molecular flexibility index (Phi) is 5.07. The maximum absolute atomic E-state index is 12.3. The Bertz CT molecular complexity index is 540. The van der Waals surface area contributed by atoms with Gasteiger partial charge in [0.2, 0.25) is 5.91 Å². The van der Waals surface area contributed by atoms with Crippen molar-refractivity contribution in [2.24, 2.45) is 0 Å². The first-order valence-electron chi connectivity index (χ1n) is 6.54. The summed E-state index contributed by atoms with van der Waals surface area (Å²) < 4.78 is 0. The number of nitrogens with one attached hydrogen (secondary N) is 1. The Morgan fingerprint density at radius 1 is 1.19 bits per heavy atom. The first-order valence-corrected chi connectivity index (χ1v) is 6.54. The van der Waals surface area contributed by atoms with E-state index < -0.39 is 23.5 Å². The van der Waals surface area contributed by atoms with Crippen LogP contribution in [0.1, 0.15) is 31.1 Å². The van der Waals surface area contributed by atoms with Crippen molar-refractivity contribution in [2.45, 2.75) is 32.4 Å². The maximum atomic E-state index is 12.3. The third-order valence-corrected chi connectivity index (χ3v) is 3.26. The van der Waals surface area contributed by atoms with Crippen LogP contribution in [0.2, 0.25) is 0 Å². The monoisotopic (exact) mass is 292 g/mol. The van der Waals surface area contributed by atoms with Crippen molar-refractivity contribution in [1.29, 1.82) is 0 Å². The lowest BCUT2D eigenvalue weighted by Gasteiger charge is -2.32. The van der Waals surface area contributed by atoms with E-state index in [1.165, 1.54) is 14.0 Å². The van der Waals surface area contributed by atoms with E-state index in [1.54, 1.807) is 44.2 Å². The fourth-order valence-corrected chi connectivity index (χ4v) is 1.78. The number of benzene rings is 1. The van der Waals surface area contributed by atoms with Crippen molar-refractivity contribution in [1.82, 2.24) is 10.2 Å². The molecular weight excluding hydrogens is 272 g/mol. The summed E-state index contributed by atoms with van der Waals surface area (Å²) in [6, 6.07) is 7.55. The van der Waals surface area contributed by atoms with Gasteiger partial charge in [0.15, 0.2) is 0 Å². The summed E-state index contributed by atoms with van der Waals surface area (Å²) in [6.45, 7) is 4.50. The molecule has 0 radical (unpaired) electrons. The minimum absolute atomic E-state index is 0.384. The lowest BCUT2D eigenvalue weighted by molar-refractivity contribution is -0.150. The van der Waals surface area contributed by atoms with E-state index in [1.807, 2.05) is 0 Å². The van der Waals surface area contributed by atoms with Gasteiger partial charge in [-0.1, -0.05) is 18.2 Å². The van der Waals surface area contributed by atoms with Gasteiger partial charge in [0.25, 0.3) is 5.91 Å². The summed E-state index contributed by atoms with van der Waals surface area (Å²) in [4.78, 5) is 36.5. The molecule has 0 spiro atoms.